The van der Waals surface area contributed by atoms with Crippen molar-refractivity contribution in [3.63, 3.8) is 0 Å². The molecule has 0 radical (unpaired) electrons. The summed E-state index contributed by atoms with van der Waals surface area (Å²) in [7, 11) is 1.59. The maximum Gasteiger partial charge on any atom is 0.248 e. The Morgan fingerprint density at radius 2 is 2.00 bits per heavy atom. The first-order chi connectivity index (χ1) is 14.5. The highest BCUT2D eigenvalue weighted by Crippen LogP contribution is 2.36. The number of methoxy groups -OCH3 is 1. The van der Waals surface area contributed by atoms with Gasteiger partial charge in [0.1, 0.15) is 17.6 Å². The van der Waals surface area contributed by atoms with E-state index in [-0.39, 0.29) is 5.82 Å². The standard InChI is InChI=1S/C21H20FN5O2S/c1-12-17(19(23)28)18(13-7-9-15(29-2)10-8-13)27-20(24-12)25-21(26-27)30-11-14-5-3-4-6-16(14)22/h3-10,18H,11H2,1-2H3,(H2,23,28)(H,24,25,26)/t18-/m0/s1. The number of anilines is 1. The van der Waals surface area contributed by atoms with E-state index in [9.17, 15) is 9.18 Å². The number of amides is 1. The van der Waals surface area contributed by atoms with Crippen molar-refractivity contribution in [1.29, 1.82) is 0 Å². The summed E-state index contributed by atoms with van der Waals surface area (Å²) in [6, 6.07) is 13.4. The highest BCUT2D eigenvalue weighted by molar-refractivity contribution is 7.98. The number of nitrogens with two attached hydrogens (primary N) is 1. The summed E-state index contributed by atoms with van der Waals surface area (Å²) in [5, 5.41) is 8.14. The van der Waals surface area contributed by atoms with Gasteiger partial charge in [-0.25, -0.2) is 9.07 Å². The lowest BCUT2D eigenvalue weighted by molar-refractivity contribution is -0.115. The Kier molecular flexibility index (Phi) is 5.45. The average Bonchev–Trinajstić information content (AvgIpc) is 3.14. The number of hydrogen-bond donors (Lipinski definition) is 2. The fraction of sp³-hybridized carbons (Fsp3) is 0.190. The lowest BCUT2D eigenvalue weighted by atomic mass is 9.95. The molecular formula is C21H20FN5O2S. The van der Waals surface area contributed by atoms with Crippen molar-refractivity contribution in [1.82, 2.24) is 14.8 Å². The molecule has 1 aromatic heterocycles. The monoisotopic (exact) mass is 425 g/mol. The molecule has 4 rings (SSSR count). The number of nitrogens with one attached hydrogen (secondary N) is 1. The van der Waals surface area contributed by atoms with Crippen LogP contribution in [0.15, 0.2) is 65.0 Å². The SMILES string of the molecule is COc1ccc([C@H]2C(C(N)=O)=C(C)Nc3nc(SCc4ccccc4F)nn32)cc1. The predicted octanol–water partition coefficient (Wildman–Crippen LogP) is 3.49. The molecule has 0 unspecified atom stereocenters. The van der Waals surface area contributed by atoms with Crippen molar-refractivity contribution in [3.8, 4) is 5.75 Å². The number of hydrogen-bond acceptors (Lipinski definition) is 6. The second-order valence-corrected chi connectivity index (χ2v) is 7.69. The molecule has 1 aliphatic heterocycles. The van der Waals surface area contributed by atoms with Crippen molar-refractivity contribution in [3.05, 3.63) is 76.7 Å². The molecule has 1 aliphatic rings. The minimum atomic E-state index is -0.539. The molecule has 0 spiro atoms. The van der Waals surface area contributed by atoms with E-state index in [1.165, 1.54) is 17.8 Å². The third-order valence-corrected chi connectivity index (χ3v) is 5.73. The summed E-state index contributed by atoms with van der Waals surface area (Å²) in [6.07, 6.45) is 0. The second kappa shape index (κ2) is 8.19. The van der Waals surface area contributed by atoms with Gasteiger partial charge in [0.25, 0.3) is 0 Å². The molecule has 0 bridgehead atoms. The number of allylic oxidation sites excluding steroid dienone is 1. The van der Waals surface area contributed by atoms with E-state index in [1.807, 2.05) is 24.3 Å². The van der Waals surface area contributed by atoms with Gasteiger partial charge in [0.2, 0.25) is 17.0 Å². The normalized spacial score (nSPS) is 15.5. The molecular weight excluding hydrogens is 405 g/mol. The van der Waals surface area contributed by atoms with E-state index >= 15 is 0 Å². The van der Waals surface area contributed by atoms with Gasteiger partial charge in [0.15, 0.2) is 0 Å². The third kappa shape index (κ3) is 3.76. The molecule has 9 heteroatoms. The number of carbonyl (C=O) groups excluding carboxylic acids is 1. The maximum absolute atomic E-state index is 13.9. The molecule has 1 atom stereocenters. The fourth-order valence-electron chi connectivity index (χ4n) is 3.36. The molecule has 0 saturated heterocycles. The van der Waals surface area contributed by atoms with Crippen molar-refractivity contribution in [2.75, 3.05) is 12.4 Å². The van der Waals surface area contributed by atoms with Crippen LogP contribution >= 0.6 is 11.8 Å². The topological polar surface area (TPSA) is 95.1 Å². The van der Waals surface area contributed by atoms with Crippen LogP contribution in [0.2, 0.25) is 0 Å². The first-order valence-electron chi connectivity index (χ1n) is 9.22. The first-order valence-corrected chi connectivity index (χ1v) is 10.2. The number of rotatable bonds is 6. The number of benzene rings is 2. The zero-order valence-corrected chi connectivity index (χ0v) is 17.2. The van der Waals surface area contributed by atoms with Gasteiger partial charge in [-0.05, 0) is 36.2 Å². The number of aromatic nitrogens is 3. The molecule has 0 aliphatic carbocycles. The number of ether oxygens (including phenoxy) is 1. The smallest absolute Gasteiger partial charge is 0.248 e. The van der Waals surface area contributed by atoms with Gasteiger partial charge in [-0.2, -0.15) is 4.98 Å². The Morgan fingerprint density at radius 1 is 1.27 bits per heavy atom. The number of nitrogens with zero attached hydrogens (tertiary/aromatic N) is 3. The minimum Gasteiger partial charge on any atom is -0.497 e. The van der Waals surface area contributed by atoms with Crippen LogP contribution in [-0.2, 0) is 10.5 Å². The lowest BCUT2D eigenvalue weighted by Crippen LogP contribution is -2.31. The Hall–Kier alpha value is -3.33. The first kappa shape index (κ1) is 20.0. The van der Waals surface area contributed by atoms with Crippen LogP contribution in [0.25, 0.3) is 0 Å². The molecule has 154 valence electrons. The Bertz CT molecular complexity index is 1130. The van der Waals surface area contributed by atoms with Crippen LogP contribution in [0.1, 0.15) is 24.1 Å². The fourth-order valence-corrected chi connectivity index (χ4v) is 4.18. The van der Waals surface area contributed by atoms with Crippen LogP contribution in [0, 0.1) is 5.82 Å². The molecule has 1 amide bonds. The third-order valence-electron chi connectivity index (χ3n) is 4.84. The number of thioether (sulfide) groups is 1. The average molecular weight is 425 g/mol. The van der Waals surface area contributed by atoms with Crippen molar-refractivity contribution >= 4 is 23.6 Å². The largest absolute Gasteiger partial charge is 0.497 e. The van der Waals surface area contributed by atoms with E-state index in [0.29, 0.717) is 39.4 Å². The van der Waals surface area contributed by atoms with E-state index < -0.39 is 11.9 Å². The summed E-state index contributed by atoms with van der Waals surface area (Å²) < 4.78 is 20.8. The van der Waals surface area contributed by atoms with Crippen LogP contribution < -0.4 is 15.8 Å². The molecule has 3 N–H and O–H groups in total. The van der Waals surface area contributed by atoms with Gasteiger partial charge in [0, 0.05) is 11.4 Å². The van der Waals surface area contributed by atoms with E-state index in [4.69, 9.17) is 10.5 Å². The molecule has 3 aromatic rings. The van der Waals surface area contributed by atoms with E-state index in [1.54, 1.807) is 36.9 Å². The van der Waals surface area contributed by atoms with Gasteiger partial charge in [0.05, 0.1) is 12.7 Å². The molecule has 2 aromatic carbocycles. The van der Waals surface area contributed by atoms with Gasteiger partial charge in [-0.15, -0.1) is 5.10 Å². The van der Waals surface area contributed by atoms with Gasteiger partial charge < -0.3 is 15.8 Å². The van der Waals surface area contributed by atoms with Crippen molar-refractivity contribution in [2.45, 2.75) is 23.9 Å². The van der Waals surface area contributed by atoms with Crippen LogP contribution in [-0.4, -0.2) is 27.8 Å². The number of fused-ring (bicyclic) bond motifs is 1. The van der Waals surface area contributed by atoms with Gasteiger partial charge >= 0.3 is 0 Å². The Balaban J connectivity index is 1.69. The highest BCUT2D eigenvalue weighted by Gasteiger charge is 2.33. The molecule has 0 fully saturated rings. The molecule has 2 heterocycles. The summed E-state index contributed by atoms with van der Waals surface area (Å²) in [6.45, 7) is 1.78. The van der Waals surface area contributed by atoms with Gasteiger partial charge in [-0.1, -0.05) is 42.1 Å². The Morgan fingerprint density at radius 3 is 2.67 bits per heavy atom. The van der Waals surface area contributed by atoms with E-state index in [0.717, 1.165) is 5.56 Å². The molecule has 7 nitrogen and oxygen atoms in total. The summed E-state index contributed by atoms with van der Waals surface area (Å²) in [4.78, 5) is 16.7. The Labute approximate surface area is 177 Å². The van der Waals surface area contributed by atoms with Crippen LogP contribution in [0.3, 0.4) is 0 Å². The lowest BCUT2D eigenvalue weighted by Gasteiger charge is -2.27. The second-order valence-electron chi connectivity index (χ2n) is 6.75. The highest BCUT2D eigenvalue weighted by atomic mass is 32.2. The summed E-state index contributed by atoms with van der Waals surface area (Å²) in [5.74, 6) is 0.779. The van der Waals surface area contributed by atoms with Crippen LogP contribution in [0.4, 0.5) is 10.3 Å². The molecule has 30 heavy (non-hydrogen) atoms. The van der Waals surface area contributed by atoms with Crippen molar-refractivity contribution in [2.24, 2.45) is 5.73 Å². The van der Waals surface area contributed by atoms with Gasteiger partial charge in [-0.3, -0.25) is 4.79 Å². The zero-order valence-electron chi connectivity index (χ0n) is 16.4. The maximum atomic E-state index is 13.9. The summed E-state index contributed by atoms with van der Waals surface area (Å²) >= 11 is 1.32. The zero-order chi connectivity index (χ0) is 21.3. The predicted molar refractivity (Wildman–Crippen MR) is 113 cm³/mol. The number of primary amides is 1. The number of carbonyl (C=O) groups is 1. The number of halogens is 1. The van der Waals surface area contributed by atoms with Crippen LogP contribution in [0.5, 0.6) is 5.75 Å². The quantitative estimate of drug-likeness (QED) is 0.587. The minimum absolute atomic E-state index is 0.267. The molecule has 0 saturated carbocycles. The van der Waals surface area contributed by atoms with E-state index in [2.05, 4.69) is 15.4 Å². The summed E-state index contributed by atoms with van der Waals surface area (Å²) in [5.41, 5.74) is 8.10. The van der Waals surface area contributed by atoms with Crippen molar-refractivity contribution < 1.29 is 13.9 Å².